The van der Waals surface area contributed by atoms with Gasteiger partial charge in [-0.05, 0) is 25.5 Å². The van der Waals surface area contributed by atoms with Gasteiger partial charge in [0.05, 0.1) is 11.0 Å². The molecule has 0 amide bonds. The van der Waals surface area contributed by atoms with E-state index in [-0.39, 0.29) is 28.6 Å². The number of hydrogen-bond acceptors (Lipinski definition) is 4. The van der Waals surface area contributed by atoms with Crippen molar-refractivity contribution in [2.45, 2.75) is 43.4 Å². The van der Waals surface area contributed by atoms with Crippen LogP contribution < -0.4 is 0 Å². The Morgan fingerprint density at radius 2 is 1.86 bits per heavy atom. The molecular formula is C16H22O4S. The molecule has 1 aromatic rings. The maximum Gasteiger partial charge on any atom is 0.188 e. The van der Waals surface area contributed by atoms with E-state index in [1.807, 2.05) is 6.92 Å². The summed E-state index contributed by atoms with van der Waals surface area (Å²) in [6.07, 6.45) is 0.396. The number of Topliss-reactive ketones (excluding diaryl/α,β-unsaturated/α-hetero) is 1. The zero-order valence-electron chi connectivity index (χ0n) is 12.7. The van der Waals surface area contributed by atoms with E-state index >= 15 is 0 Å². The van der Waals surface area contributed by atoms with Gasteiger partial charge in [-0.1, -0.05) is 32.0 Å². The Kier molecular flexibility index (Phi) is 4.84. The summed E-state index contributed by atoms with van der Waals surface area (Å²) in [4.78, 5) is 12.8. The van der Waals surface area contributed by atoms with Crippen LogP contribution in [0.4, 0.5) is 0 Å². The van der Waals surface area contributed by atoms with Crippen LogP contribution in [0.2, 0.25) is 0 Å². The molecule has 0 N–H and O–H groups in total. The first-order valence-electron chi connectivity index (χ1n) is 7.30. The van der Waals surface area contributed by atoms with Crippen LogP contribution in [0, 0.1) is 11.8 Å². The Morgan fingerprint density at radius 3 is 2.33 bits per heavy atom. The van der Waals surface area contributed by atoms with Crippen molar-refractivity contribution >= 4 is 15.6 Å². The molecule has 1 aliphatic heterocycles. The maximum atomic E-state index is 12.9. The van der Waals surface area contributed by atoms with E-state index in [1.165, 1.54) is 0 Å². The van der Waals surface area contributed by atoms with Crippen LogP contribution in [-0.2, 0) is 19.4 Å². The normalized spacial score (nSPS) is 24.2. The molecule has 0 unspecified atom stereocenters. The van der Waals surface area contributed by atoms with Gasteiger partial charge in [-0.2, -0.15) is 0 Å². The SMILES string of the molecule is CC(C)C(=O)[C@H]([C@@H]1CCO[C@H]1C)S(=O)(=O)c1ccccc1. The van der Waals surface area contributed by atoms with E-state index in [0.717, 1.165) is 0 Å². The van der Waals surface area contributed by atoms with Crippen LogP contribution in [0.15, 0.2) is 35.2 Å². The molecule has 1 aliphatic rings. The van der Waals surface area contributed by atoms with Crippen LogP contribution >= 0.6 is 0 Å². The average molecular weight is 310 g/mol. The predicted molar refractivity (Wildman–Crippen MR) is 80.8 cm³/mol. The first kappa shape index (κ1) is 16.2. The van der Waals surface area contributed by atoms with Gasteiger partial charge in [-0.25, -0.2) is 8.42 Å². The second-order valence-electron chi connectivity index (χ2n) is 5.86. The lowest BCUT2D eigenvalue weighted by Gasteiger charge is -2.26. The van der Waals surface area contributed by atoms with Gasteiger partial charge in [0.2, 0.25) is 0 Å². The number of ketones is 1. The fourth-order valence-corrected chi connectivity index (χ4v) is 5.05. The van der Waals surface area contributed by atoms with Crippen molar-refractivity contribution in [3.8, 4) is 0 Å². The van der Waals surface area contributed by atoms with Gasteiger partial charge in [-0.3, -0.25) is 4.79 Å². The molecular weight excluding hydrogens is 288 g/mol. The largest absolute Gasteiger partial charge is 0.378 e. The van der Waals surface area contributed by atoms with Crippen molar-refractivity contribution in [2.24, 2.45) is 11.8 Å². The second-order valence-corrected chi connectivity index (χ2v) is 7.93. The minimum Gasteiger partial charge on any atom is -0.378 e. The van der Waals surface area contributed by atoms with Gasteiger partial charge in [0.1, 0.15) is 5.25 Å². The number of sulfone groups is 1. The molecule has 0 radical (unpaired) electrons. The monoisotopic (exact) mass is 310 g/mol. The summed E-state index contributed by atoms with van der Waals surface area (Å²) in [5.41, 5.74) is 0. The molecule has 5 heteroatoms. The van der Waals surface area contributed by atoms with Crippen molar-refractivity contribution < 1.29 is 17.9 Å². The molecule has 0 bridgehead atoms. The van der Waals surface area contributed by atoms with Crippen LogP contribution in [0.25, 0.3) is 0 Å². The maximum absolute atomic E-state index is 12.9. The van der Waals surface area contributed by atoms with Crippen LogP contribution in [0.5, 0.6) is 0 Å². The van der Waals surface area contributed by atoms with Crippen molar-refractivity contribution in [2.75, 3.05) is 6.61 Å². The zero-order valence-corrected chi connectivity index (χ0v) is 13.5. The minimum absolute atomic E-state index is 0.211. The molecule has 1 fully saturated rings. The summed E-state index contributed by atoms with van der Waals surface area (Å²) in [6, 6.07) is 8.23. The van der Waals surface area contributed by atoms with Crippen molar-refractivity contribution in [3.05, 3.63) is 30.3 Å². The third-order valence-electron chi connectivity index (χ3n) is 4.08. The summed E-state index contributed by atoms with van der Waals surface area (Å²) >= 11 is 0. The molecule has 4 nitrogen and oxygen atoms in total. The van der Waals surface area contributed by atoms with Gasteiger partial charge < -0.3 is 4.74 Å². The smallest absolute Gasteiger partial charge is 0.188 e. The Balaban J connectivity index is 2.47. The molecule has 1 aromatic carbocycles. The van der Waals surface area contributed by atoms with E-state index in [9.17, 15) is 13.2 Å². The molecule has 116 valence electrons. The molecule has 2 rings (SSSR count). The lowest BCUT2D eigenvalue weighted by atomic mass is 9.91. The van der Waals surface area contributed by atoms with Gasteiger partial charge in [0.25, 0.3) is 0 Å². The summed E-state index contributed by atoms with van der Waals surface area (Å²) < 4.78 is 31.4. The highest BCUT2D eigenvalue weighted by Crippen LogP contribution is 2.33. The third kappa shape index (κ3) is 3.19. The zero-order chi connectivity index (χ0) is 15.6. The van der Waals surface area contributed by atoms with Crippen molar-refractivity contribution in [1.82, 2.24) is 0 Å². The molecule has 0 aliphatic carbocycles. The van der Waals surface area contributed by atoms with Crippen molar-refractivity contribution in [3.63, 3.8) is 0 Å². The Labute approximate surface area is 126 Å². The quantitative estimate of drug-likeness (QED) is 0.838. The first-order valence-corrected chi connectivity index (χ1v) is 8.84. The third-order valence-corrected chi connectivity index (χ3v) is 6.26. The standard InChI is InChI=1S/C16H22O4S/c1-11(2)15(17)16(14-9-10-20-12(14)3)21(18,19)13-7-5-4-6-8-13/h4-8,11-12,14,16H,9-10H2,1-3H3/t12-,14+,16-/m0/s1. The van der Waals surface area contributed by atoms with E-state index in [4.69, 9.17) is 4.74 Å². The fourth-order valence-electron chi connectivity index (χ4n) is 2.83. The van der Waals surface area contributed by atoms with Gasteiger partial charge in [0.15, 0.2) is 15.6 Å². The molecule has 0 saturated carbocycles. The van der Waals surface area contributed by atoms with E-state index in [2.05, 4.69) is 0 Å². The number of benzene rings is 1. The summed E-state index contributed by atoms with van der Waals surface area (Å²) in [5.74, 6) is -0.812. The number of carbonyl (C=O) groups excluding carboxylic acids is 1. The minimum atomic E-state index is -3.69. The van der Waals surface area contributed by atoms with Crippen molar-refractivity contribution in [1.29, 1.82) is 0 Å². The van der Waals surface area contributed by atoms with Crippen LogP contribution in [0.3, 0.4) is 0 Å². The summed E-state index contributed by atoms with van der Waals surface area (Å²) in [6.45, 7) is 5.85. The molecule has 0 aromatic heterocycles. The predicted octanol–water partition coefficient (Wildman–Crippen LogP) is 2.48. The van der Waals surface area contributed by atoms with Gasteiger partial charge >= 0.3 is 0 Å². The highest BCUT2D eigenvalue weighted by atomic mass is 32.2. The van der Waals surface area contributed by atoms with E-state index < -0.39 is 15.1 Å². The molecule has 1 saturated heterocycles. The number of ether oxygens (including phenoxy) is 1. The topological polar surface area (TPSA) is 60.4 Å². The number of carbonyl (C=O) groups is 1. The van der Waals surface area contributed by atoms with Gasteiger partial charge in [0, 0.05) is 18.4 Å². The molecule has 0 spiro atoms. The first-order chi connectivity index (χ1) is 9.85. The fraction of sp³-hybridized carbons (Fsp3) is 0.562. The average Bonchev–Trinajstić information content (AvgIpc) is 2.86. The lowest BCUT2D eigenvalue weighted by Crippen LogP contribution is -2.42. The van der Waals surface area contributed by atoms with Crippen LogP contribution in [-0.4, -0.2) is 32.2 Å². The Hall–Kier alpha value is -1.20. The molecule has 3 atom stereocenters. The van der Waals surface area contributed by atoms with Crippen LogP contribution in [0.1, 0.15) is 27.2 Å². The van der Waals surface area contributed by atoms with E-state index in [1.54, 1.807) is 44.2 Å². The second kappa shape index (κ2) is 6.28. The number of hydrogen-bond donors (Lipinski definition) is 0. The molecule has 1 heterocycles. The van der Waals surface area contributed by atoms with E-state index in [0.29, 0.717) is 13.0 Å². The highest BCUT2D eigenvalue weighted by Gasteiger charge is 2.45. The highest BCUT2D eigenvalue weighted by molar-refractivity contribution is 7.92. The number of rotatable bonds is 5. The van der Waals surface area contributed by atoms with Gasteiger partial charge in [-0.15, -0.1) is 0 Å². The summed E-state index contributed by atoms with van der Waals surface area (Å²) in [5, 5.41) is -1.02. The molecule has 21 heavy (non-hydrogen) atoms. The Bertz CT molecular complexity index is 592. The lowest BCUT2D eigenvalue weighted by molar-refractivity contribution is -0.122. The Morgan fingerprint density at radius 1 is 1.24 bits per heavy atom. The summed E-state index contributed by atoms with van der Waals surface area (Å²) in [7, 11) is -3.69.